The monoisotopic (exact) mass is 277 g/mol. The lowest BCUT2D eigenvalue weighted by Crippen LogP contribution is -2.10. The standard InChI is InChI=1S/C17H27NO2/c1-5-7-8-9-13(6-2)15-10-14(17(19)20)11(3)12(4)16(15)18/h10,13H,5-9,18H2,1-4H3,(H,19,20). The Bertz CT molecular complexity index is 480. The van der Waals surface area contributed by atoms with Crippen molar-refractivity contribution in [3.05, 3.63) is 28.3 Å². The number of carboxylic acid groups (broad SMARTS) is 1. The molecule has 0 aromatic heterocycles. The summed E-state index contributed by atoms with van der Waals surface area (Å²) in [5, 5.41) is 9.33. The minimum absolute atomic E-state index is 0.360. The Morgan fingerprint density at radius 1 is 1.25 bits per heavy atom. The Labute approximate surface area is 122 Å². The van der Waals surface area contributed by atoms with E-state index in [0.29, 0.717) is 11.5 Å². The van der Waals surface area contributed by atoms with Crippen LogP contribution in [0.25, 0.3) is 0 Å². The smallest absolute Gasteiger partial charge is 0.335 e. The molecule has 3 nitrogen and oxygen atoms in total. The van der Waals surface area contributed by atoms with Gasteiger partial charge in [-0.1, -0.05) is 33.1 Å². The van der Waals surface area contributed by atoms with E-state index in [9.17, 15) is 9.90 Å². The number of hydrogen-bond acceptors (Lipinski definition) is 2. The molecule has 0 radical (unpaired) electrons. The number of anilines is 1. The van der Waals surface area contributed by atoms with E-state index in [0.717, 1.165) is 35.2 Å². The number of unbranched alkanes of at least 4 members (excludes halogenated alkanes) is 2. The molecule has 1 unspecified atom stereocenters. The molecule has 0 aliphatic rings. The molecule has 20 heavy (non-hydrogen) atoms. The van der Waals surface area contributed by atoms with Crippen molar-refractivity contribution in [2.24, 2.45) is 0 Å². The van der Waals surface area contributed by atoms with Crippen LogP contribution in [0.3, 0.4) is 0 Å². The van der Waals surface area contributed by atoms with Crippen molar-refractivity contribution in [1.29, 1.82) is 0 Å². The van der Waals surface area contributed by atoms with E-state index in [1.165, 1.54) is 19.3 Å². The van der Waals surface area contributed by atoms with Gasteiger partial charge in [-0.2, -0.15) is 0 Å². The van der Waals surface area contributed by atoms with Crippen molar-refractivity contribution in [3.8, 4) is 0 Å². The first-order valence-electron chi connectivity index (χ1n) is 7.56. The summed E-state index contributed by atoms with van der Waals surface area (Å²) >= 11 is 0. The maximum absolute atomic E-state index is 11.4. The normalized spacial score (nSPS) is 12.4. The Kier molecular flexibility index (Phi) is 6.05. The first kappa shape index (κ1) is 16.5. The summed E-state index contributed by atoms with van der Waals surface area (Å²) < 4.78 is 0. The average Bonchev–Trinajstić information content (AvgIpc) is 2.42. The van der Waals surface area contributed by atoms with Gasteiger partial charge in [0, 0.05) is 5.69 Å². The molecule has 112 valence electrons. The lowest BCUT2D eigenvalue weighted by molar-refractivity contribution is 0.0696. The van der Waals surface area contributed by atoms with Gasteiger partial charge in [0.1, 0.15) is 0 Å². The molecule has 1 rings (SSSR count). The van der Waals surface area contributed by atoms with Gasteiger partial charge in [0.05, 0.1) is 5.56 Å². The van der Waals surface area contributed by atoms with Crippen LogP contribution in [0.4, 0.5) is 5.69 Å². The Hall–Kier alpha value is -1.51. The van der Waals surface area contributed by atoms with Crippen LogP contribution in [0, 0.1) is 13.8 Å². The van der Waals surface area contributed by atoms with Gasteiger partial charge < -0.3 is 10.8 Å². The molecular weight excluding hydrogens is 250 g/mol. The first-order valence-corrected chi connectivity index (χ1v) is 7.56. The molecule has 1 aromatic rings. The van der Waals surface area contributed by atoms with Crippen LogP contribution in [0.5, 0.6) is 0 Å². The quantitative estimate of drug-likeness (QED) is 0.563. The second-order valence-corrected chi connectivity index (χ2v) is 5.58. The number of aromatic carboxylic acids is 1. The first-order chi connectivity index (χ1) is 9.43. The van der Waals surface area contributed by atoms with E-state index < -0.39 is 5.97 Å². The fourth-order valence-electron chi connectivity index (χ4n) is 2.74. The molecule has 3 N–H and O–H groups in total. The number of carbonyl (C=O) groups is 1. The van der Waals surface area contributed by atoms with Crippen molar-refractivity contribution in [2.45, 2.75) is 65.7 Å². The number of nitrogen functional groups attached to an aromatic ring is 1. The maximum Gasteiger partial charge on any atom is 0.335 e. The summed E-state index contributed by atoms with van der Waals surface area (Å²) in [6, 6.07) is 1.79. The Balaban J connectivity index is 3.18. The fourth-order valence-corrected chi connectivity index (χ4v) is 2.74. The van der Waals surface area contributed by atoms with E-state index in [1.807, 2.05) is 13.8 Å². The maximum atomic E-state index is 11.4. The Morgan fingerprint density at radius 3 is 2.40 bits per heavy atom. The van der Waals surface area contributed by atoms with Gasteiger partial charge in [0.25, 0.3) is 0 Å². The molecule has 0 heterocycles. The van der Waals surface area contributed by atoms with Gasteiger partial charge in [-0.15, -0.1) is 0 Å². The van der Waals surface area contributed by atoms with Crippen molar-refractivity contribution in [3.63, 3.8) is 0 Å². The topological polar surface area (TPSA) is 63.3 Å². The highest BCUT2D eigenvalue weighted by atomic mass is 16.4. The summed E-state index contributed by atoms with van der Waals surface area (Å²) in [5.41, 5.74) is 10.1. The molecular formula is C17H27NO2. The van der Waals surface area contributed by atoms with Gasteiger partial charge in [-0.05, 0) is 55.4 Å². The average molecular weight is 277 g/mol. The van der Waals surface area contributed by atoms with Crippen molar-refractivity contribution in [1.82, 2.24) is 0 Å². The van der Waals surface area contributed by atoms with E-state index >= 15 is 0 Å². The van der Waals surface area contributed by atoms with Gasteiger partial charge in [0.2, 0.25) is 0 Å². The zero-order valence-corrected chi connectivity index (χ0v) is 13.1. The molecule has 0 aliphatic heterocycles. The highest BCUT2D eigenvalue weighted by molar-refractivity contribution is 5.91. The van der Waals surface area contributed by atoms with Crippen LogP contribution in [0.2, 0.25) is 0 Å². The highest BCUT2D eigenvalue weighted by Crippen LogP contribution is 2.34. The number of rotatable bonds is 7. The fraction of sp³-hybridized carbons (Fsp3) is 0.588. The van der Waals surface area contributed by atoms with E-state index in [2.05, 4.69) is 13.8 Å². The number of benzene rings is 1. The van der Waals surface area contributed by atoms with Crippen LogP contribution in [0.1, 0.15) is 78.9 Å². The summed E-state index contributed by atoms with van der Waals surface area (Å²) in [6.45, 7) is 8.08. The van der Waals surface area contributed by atoms with Crippen LogP contribution in [0.15, 0.2) is 6.07 Å². The van der Waals surface area contributed by atoms with Gasteiger partial charge in [-0.25, -0.2) is 4.79 Å². The van der Waals surface area contributed by atoms with Crippen LogP contribution >= 0.6 is 0 Å². The number of nitrogens with two attached hydrogens (primary N) is 1. The summed E-state index contributed by atoms with van der Waals surface area (Å²) in [5.74, 6) is -0.505. The minimum Gasteiger partial charge on any atom is -0.478 e. The van der Waals surface area contributed by atoms with E-state index in [4.69, 9.17) is 5.73 Å². The zero-order chi connectivity index (χ0) is 15.3. The lowest BCUT2D eigenvalue weighted by Gasteiger charge is -2.21. The van der Waals surface area contributed by atoms with Gasteiger partial charge in [-0.3, -0.25) is 0 Å². The lowest BCUT2D eigenvalue weighted by atomic mass is 9.85. The molecule has 1 atom stereocenters. The molecule has 0 spiro atoms. The molecule has 0 saturated heterocycles. The number of carboxylic acids is 1. The third-order valence-corrected chi connectivity index (χ3v) is 4.30. The molecule has 0 bridgehead atoms. The van der Waals surface area contributed by atoms with Crippen LogP contribution < -0.4 is 5.73 Å². The SMILES string of the molecule is CCCCCC(CC)c1cc(C(=O)O)c(C)c(C)c1N. The molecule has 0 amide bonds. The third-order valence-electron chi connectivity index (χ3n) is 4.30. The summed E-state index contributed by atoms with van der Waals surface area (Å²) in [6.07, 6.45) is 5.65. The van der Waals surface area contributed by atoms with Crippen molar-refractivity contribution >= 4 is 11.7 Å². The van der Waals surface area contributed by atoms with E-state index in [-0.39, 0.29) is 0 Å². The predicted molar refractivity (Wildman–Crippen MR) is 84.5 cm³/mol. The zero-order valence-electron chi connectivity index (χ0n) is 13.1. The van der Waals surface area contributed by atoms with Crippen molar-refractivity contribution < 1.29 is 9.90 Å². The molecule has 0 fully saturated rings. The third kappa shape index (κ3) is 3.53. The van der Waals surface area contributed by atoms with E-state index in [1.54, 1.807) is 6.07 Å². The molecule has 0 saturated carbocycles. The summed E-state index contributed by atoms with van der Waals surface area (Å²) in [7, 11) is 0. The molecule has 1 aromatic carbocycles. The second kappa shape index (κ2) is 7.32. The number of hydrogen-bond donors (Lipinski definition) is 2. The molecule has 3 heteroatoms. The molecule has 0 aliphatic carbocycles. The van der Waals surface area contributed by atoms with Crippen LogP contribution in [-0.4, -0.2) is 11.1 Å². The minimum atomic E-state index is -0.865. The largest absolute Gasteiger partial charge is 0.478 e. The van der Waals surface area contributed by atoms with Crippen LogP contribution in [-0.2, 0) is 0 Å². The predicted octanol–water partition coefficient (Wildman–Crippen LogP) is 4.66. The Morgan fingerprint density at radius 2 is 1.90 bits per heavy atom. The van der Waals surface area contributed by atoms with Crippen molar-refractivity contribution in [2.75, 3.05) is 5.73 Å². The van der Waals surface area contributed by atoms with Gasteiger partial charge >= 0.3 is 5.97 Å². The summed E-state index contributed by atoms with van der Waals surface area (Å²) in [4.78, 5) is 11.4. The second-order valence-electron chi connectivity index (χ2n) is 5.58. The van der Waals surface area contributed by atoms with Gasteiger partial charge in [0.15, 0.2) is 0 Å². The highest BCUT2D eigenvalue weighted by Gasteiger charge is 2.19.